The van der Waals surface area contributed by atoms with Crippen molar-refractivity contribution in [2.45, 2.75) is 114 Å². The Morgan fingerprint density at radius 3 is 1.80 bits per heavy atom. The van der Waals surface area contributed by atoms with Crippen molar-refractivity contribution in [1.29, 1.82) is 0 Å². The summed E-state index contributed by atoms with van der Waals surface area (Å²) in [5, 5.41) is 8.53. The van der Waals surface area contributed by atoms with E-state index in [0.29, 0.717) is 51.9 Å². The zero-order chi connectivity index (χ0) is 29.6. The van der Waals surface area contributed by atoms with Crippen molar-refractivity contribution in [1.82, 2.24) is 20.9 Å². The van der Waals surface area contributed by atoms with E-state index in [9.17, 15) is 14.0 Å². The molecule has 4 fully saturated rings. The first kappa shape index (κ1) is 30.5. The summed E-state index contributed by atoms with van der Waals surface area (Å²) in [6, 6.07) is 10.2. The van der Waals surface area contributed by atoms with Gasteiger partial charge in [0.05, 0.1) is 11.1 Å². The van der Waals surface area contributed by atoms with Crippen LogP contribution in [0.2, 0.25) is 0 Å². The Labute approximate surface area is 236 Å². The molecule has 10 heteroatoms. The van der Waals surface area contributed by atoms with Crippen LogP contribution in [-0.2, 0) is 9.47 Å². The molecule has 4 aliphatic rings. The number of ether oxygens (including phenoxy) is 2. The highest BCUT2D eigenvalue weighted by atomic mass is 19.1. The number of carbonyl (C=O) groups excluding carboxylic acids is 2. The van der Waals surface area contributed by atoms with Crippen molar-refractivity contribution in [3.63, 3.8) is 0 Å². The van der Waals surface area contributed by atoms with Gasteiger partial charge in [0.15, 0.2) is 0 Å². The average molecular weight is 565 g/mol. The third-order valence-corrected chi connectivity index (χ3v) is 8.68. The maximum absolute atomic E-state index is 15.4. The molecule has 0 bridgehead atoms. The molecule has 2 saturated heterocycles. The van der Waals surface area contributed by atoms with E-state index in [2.05, 4.69) is 39.9 Å². The second-order valence-corrected chi connectivity index (χ2v) is 13.9. The van der Waals surface area contributed by atoms with Gasteiger partial charge < -0.3 is 25.4 Å². The second-order valence-electron chi connectivity index (χ2n) is 13.9. The molecule has 224 valence electrons. The van der Waals surface area contributed by atoms with E-state index in [1.54, 1.807) is 20.8 Å². The van der Waals surface area contributed by atoms with Crippen molar-refractivity contribution < 1.29 is 27.8 Å². The third-order valence-electron chi connectivity index (χ3n) is 8.68. The molecule has 0 unspecified atom stereocenters. The molecular formula is C30H46F2N4O4. The number of nitrogens with zero attached hydrogens (tertiary/aromatic N) is 1. The molecule has 5 atom stereocenters. The molecule has 3 N–H and O–H groups in total. The van der Waals surface area contributed by atoms with Gasteiger partial charge in [-0.05, 0) is 79.7 Å². The van der Waals surface area contributed by atoms with Crippen LogP contribution < -0.4 is 16.0 Å². The summed E-state index contributed by atoms with van der Waals surface area (Å²) in [4.78, 5) is 25.9. The third kappa shape index (κ3) is 6.08. The van der Waals surface area contributed by atoms with E-state index in [-0.39, 0.29) is 6.04 Å². The highest BCUT2D eigenvalue weighted by Crippen LogP contribution is 2.52. The summed E-state index contributed by atoms with van der Waals surface area (Å²) < 4.78 is 40.0. The first-order valence-corrected chi connectivity index (χ1v) is 14.3. The van der Waals surface area contributed by atoms with Crippen molar-refractivity contribution >= 4 is 12.2 Å². The Morgan fingerprint density at radius 1 is 0.825 bits per heavy atom. The molecule has 0 aromatic heterocycles. The molecule has 1 aromatic carbocycles. The molecule has 2 aliphatic carbocycles. The number of rotatable bonds is 4. The van der Waals surface area contributed by atoms with E-state index >= 15 is 4.39 Å². The fourth-order valence-corrected chi connectivity index (χ4v) is 6.20. The first-order valence-electron chi connectivity index (χ1n) is 14.3. The van der Waals surface area contributed by atoms with Crippen LogP contribution in [-0.4, -0.2) is 76.9 Å². The summed E-state index contributed by atoms with van der Waals surface area (Å²) >= 11 is 0. The van der Waals surface area contributed by atoms with Crippen LogP contribution in [0.3, 0.4) is 0 Å². The molecule has 40 heavy (non-hydrogen) atoms. The number of fused-ring (bicyclic) bond motifs is 2. The lowest BCUT2D eigenvalue weighted by Gasteiger charge is -2.49. The molecule has 2 heterocycles. The quantitative estimate of drug-likeness (QED) is 0.467. The largest absolute Gasteiger partial charge is 0.444 e. The van der Waals surface area contributed by atoms with Gasteiger partial charge in [0.2, 0.25) is 0 Å². The Kier molecular flexibility index (Phi) is 7.95. The van der Waals surface area contributed by atoms with Gasteiger partial charge in [-0.15, -0.1) is 0 Å². The molecule has 8 nitrogen and oxygen atoms in total. The predicted octanol–water partition coefficient (Wildman–Crippen LogP) is 5.18. The predicted molar refractivity (Wildman–Crippen MR) is 150 cm³/mol. The van der Waals surface area contributed by atoms with Crippen LogP contribution in [0.4, 0.5) is 18.4 Å². The van der Waals surface area contributed by atoms with Crippen LogP contribution in [0.25, 0.3) is 0 Å². The highest BCUT2D eigenvalue weighted by molar-refractivity contribution is 5.70. The average Bonchev–Trinajstić information content (AvgIpc) is 3.15. The number of alkyl halides is 2. The van der Waals surface area contributed by atoms with Crippen LogP contribution in [0.1, 0.15) is 85.8 Å². The Bertz CT molecular complexity index is 1090. The first-order chi connectivity index (χ1) is 18.4. The van der Waals surface area contributed by atoms with Gasteiger partial charge in [-0.3, -0.25) is 4.90 Å². The van der Waals surface area contributed by atoms with Gasteiger partial charge in [-0.2, -0.15) is 0 Å². The summed E-state index contributed by atoms with van der Waals surface area (Å²) in [5.74, 6) is 0. The molecule has 2 saturated carbocycles. The van der Waals surface area contributed by atoms with E-state index in [1.807, 2.05) is 39.0 Å². The van der Waals surface area contributed by atoms with Crippen LogP contribution in [0, 0.1) is 0 Å². The lowest BCUT2D eigenvalue weighted by Crippen LogP contribution is -2.69. The fraction of sp³-hybridized carbons (Fsp3) is 0.733. The monoisotopic (exact) mass is 564 g/mol. The van der Waals surface area contributed by atoms with Gasteiger partial charge in [0, 0.05) is 32.2 Å². The van der Waals surface area contributed by atoms with Gasteiger partial charge in [-0.1, -0.05) is 30.3 Å². The molecular weight excluding hydrogens is 518 g/mol. The van der Waals surface area contributed by atoms with Crippen molar-refractivity contribution in [2.24, 2.45) is 0 Å². The number of halogens is 2. The van der Waals surface area contributed by atoms with E-state index in [0.717, 1.165) is 5.56 Å². The molecule has 5 rings (SSSR count). The van der Waals surface area contributed by atoms with Crippen LogP contribution in [0.5, 0.6) is 0 Å². The minimum Gasteiger partial charge on any atom is -0.444 e. The number of alkyl carbamates (subject to hydrolysis) is 2. The van der Waals surface area contributed by atoms with Gasteiger partial charge in [-0.25, -0.2) is 18.4 Å². The molecule has 0 spiro atoms. The SMILES string of the molecule is CC(C)(C)OC(=O)N[C@@]12CC[C@]1(F)CNC2.C[C@H](c1ccccc1)N1C[C@@]2(F)CC[C@@]2(NC(=O)OC(C)(C)C)C1. The summed E-state index contributed by atoms with van der Waals surface area (Å²) in [5.41, 5.74) is -4.19. The topological polar surface area (TPSA) is 91.9 Å². The Morgan fingerprint density at radius 2 is 1.35 bits per heavy atom. The zero-order valence-electron chi connectivity index (χ0n) is 25.0. The van der Waals surface area contributed by atoms with E-state index in [4.69, 9.17) is 9.47 Å². The van der Waals surface area contributed by atoms with Crippen LogP contribution >= 0.6 is 0 Å². The number of amides is 2. The minimum absolute atomic E-state index is 0.113. The number of carbonyl (C=O) groups is 2. The molecule has 0 radical (unpaired) electrons. The zero-order valence-corrected chi connectivity index (χ0v) is 25.0. The molecule has 2 aliphatic heterocycles. The number of nitrogens with one attached hydrogen (secondary N) is 3. The minimum atomic E-state index is -1.37. The highest BCUT2D eigenvalue weighted by Gasteiger charge is 2.67. The second kappa shape index (κ2) is 10.4. The van der Waals surface area contributed by atoms with E-state index in [1.165, 1.54) is 0 Å². The smallest absolute Gasteiger partial charge is 0.408 e. The molecule has 2 amide bonds. The Hall–Kier alpha value is -2.46. The lowest BCUT2D eigenvalue weighted by molar-refractivity contribution is -0.0305. The standard InChI is InChI=1S/C19H27FN2O2.C11H19FN2O2/c1-14(15-8-6-5-7-9-15)22-12-18(20)10-11-19(18,13-22)21-16(23)24-17(2,3)4;1-9(2,3)16-8(15)14-11-5-4-10(11,12)6-13-7-11/h5-9,14H,10-13H2,1-4H3,(H,21,23);13H,4-7H2,1-3H3,(H,14,15)/t14-,18+,19-;10-,11+/m10/s1. The van der Waals surface area contributed by atoms with Gasteiger partial charge >= 0.3 is 12.2 Å². The summed E-state index contributed by atoms with van der Waals surface area (Å²) in [6.07, 6.45) is 1.27. The van der Waals surface area contributed by atoms with Gasteiger partial charge in [0.1, 0.15) is 22.5 Å². The maximum atomic E-state index is 15.4. The normalized spacial score (nSPS) is 33.6. The Balaban J connectivity index is 0.000000201. The summed E-state index contributed by atoms with van der Waals surface area (Å²) in [6.45, 7) is 14.6. The van der Waals surface area contributed by atoms with Crippen LogP contribution in [0.15, 0.2) is 30.3 Å². The maximum Gasteiger partial charge on any atom is 0.408 e. The molecule has 1 aromatic rings. The number of benzene rings is 1. The fourth-order valence-electron chi connectivity index (χ4n) is 6.20. The number of likely N-dealkylation sites (tertiary alicyclic amines) is 1. The van der Waals surface area contributed by atoms with Crippen molar-refractivity contribution in [2.75, 3.05) is 26.2 Å². The number of hydrogen-bond acceptors (Lipinski definition) is 6. The number of hydrogen-bond donors (Lipinski definition) is 3. The summed E-state index contributed by atoms with van der Waals surface area (Å²) in [7, 11) is 0. The van der Waals surface area contributed by atoms with E-state index < -0.39 is 45.8 Å². The van der Waals surface area contributed by atoms with Gasteiger partial charge in [0.25, 0.3) is 0 Å². The van der Waals surface area contributed by atoms with Crippen molar-refractivity contribution in [3.05, 3.63) is 35.9 Å². The lowest BCUT2D eigenvalue weighted by atomic mass is 9.66. The van der Waals surface area contributed by atoms with Crippen molar-refractivity contribution in [3.8, 4) is 0 Å².